The molecule has 3 nitrogen and oxygen atoms in total. The van der Waals surface area contributed by atoms with E-state index in [0.717, 1.165) is 21.6 Å². The zero-order chi connectivity index (χ0) is 14.5. The molecule has 104 valence electrons. The lowest BCUT2D eigenvalue weighted by Gasteiger charge is -2.13. The van der Waals surface area contributed by atoms with E-state index in [2.05, 4.69) is 15.9 Å². The SMILES string of the molecule is Cc1ccc(CN(C)C(=O)/C=C/c2ccc(Br)cc2)o1. The summed E-state index contributed by atoms with van der Waals surface area (Å²) >= 11 is 3.38. The van der Waals surface area contributed by atoms with Crippen LogP contribution in [0.2, 0.25) is 0 Å². The van der Waals surface area contributed by atoms with Crippen molar-refractivity contribution in [2.45, 2.75) is 13.5 Å². The molecule has 20 heavy (non-hydrogen) atoms. The summed E-state index contributed by atoms with van der Waals surface area (Å²) < 4.78 is 6.48. The molecule has 0 aliphatic rings. The first-order valence-electron chi connectivity index (χ1n) is 6.28. The van der Waals surface area contributed by atoms with E-state index in [1.54, 1.807) is 24.1 Å². The van der Waals surface area contributed by atoms with E-state index in [0.29, 0.717) is 6.54 Å². The maximum atomic E-state index is 12.0. The topological polar surface area (TPSA) is 33.5 Å². The van der Waals surface area contributed by atoms with Crippen molar-refractivity contribution in [3.05, 3.63) is 64.0 Å². The van der Waals surface area contributed by atoms with E-state index in [1.807, 2.05) is 43.3 Å². The summed E-state index contributed by atoms with van der Waals surface area (Å²) in [6.07, 6.45) is 3.37. The van der Waals surface area contributed by atoms with Gasteiger partial charge in [0.1, 0.15) is 11.5 Å². The number of hydrogen-bond acceptors (Lipinski definition) is 2. The van der Waals surface area contributed by atoms with Crippen LogP contribution in [0.3, 0.4) is 0 Å². The zero-order valence-corrected chi connectivity index (χ0v) is 13.1. The molecular weight excluding hydrogens is 318 g/mol. The number of carbonyl (C=O) groups is 1. The van der Waals surface area contributed by atoms with Gasteiger partial charge in [-0.15, -0.1) is 0 Å². The number of nitrogens with zero attached hydrogens (tertiary/aromatic N) is 1. The third kappa shape index (κ3) is 4.10. The van der Waals surface area contributed by atoms with Gasteiger partial charge in [0, 0.05) is 17.6 Å². The first-order valence-corrected chi connectivity index (χ1v) is 7.08. The fourth-order valence-electron chi connectivity index (χ4n) is 1.75. The highest BCUT2D eigenvalue weighted by Gasteiger charge is 2.08. The van der Waals surface area contributed by atoms with Crippen LogP contribution in [-0.2, 0) is 11.3 Å². The van der Waals surface area contributed by atoms with Gasteiger partial charge in [-0.3, -0.25) is 4.79 Å². The smallest absolute Gasteiger partial charge is 0.246 e. The number of halogens is 1. The fraction of sp³-hybridized carbons (Fsp3) is 0.188. The summed E-state index contributed by atoms with van der Waals surface area (Å²) in [6, 6.07) is 11.6. The molecular formula is C16H16BrNO2. The van der Waals surface area contributed by atoms with Gasteiger partial charge in [0.15, 0.2) is 0 Å². The molecule has 0 atom stereocenters. The van der Waals surface area contributed by atoms with Crippen LogP contribution in [-0.4, -0.2) is 17.9 Å². The highest BCUT2D eigenvalue weighted by atomic mass is 79.9. The second kappa shape index (κ2) is 6.57. The Morgan fingerprint density at radius 1 is 1.25 bits per heavy atom. The molecule has 0 unspecified atom stereocenters. The molecule has 1 aromatic heterocycles. The first-order chi connectivity index (χ1) is 9.54. The molecule has 0 saturated heterocycles. The van der Waals surface area contributed by atoms with Crippen molar-refractivity contribution < 1.29 is 9.21 Å². The molecule has 2 rings (SSSR count). The van der Waals surface area contributed by atoms with Crippen LogP contribution in [0, 0.1) is 6.92 Å². The lowest BCUT2D eigenvalue weighted by Crippen LogP contribution is -2.23. The van der Waals surface area contributed by atoms with Gasteiger partial charge in [0.2, 0.25) is 5.91 Å². The monoisotopic (exact) mass is 333 g/mol. The quantitative estimate of drug-likeness (QED) is 0.791. The summed E-state index contributed by atoms with van der Waals surface area (Å²) in [4.78, 5) is 13.6. The standard InChI is InChI=1S/C16H16BrNO2/c1-12-3-9-15(20-12)11-18(2)16(19)10-6-13-4-7-14(17)8-5-13/h3-10H,11H2,1-2H3/b10-6+. The minimum absolute atomic E-state index is 0.0537. The lowest BCUT2D eigenvalue weighted by atomic mass is 10.2. The number of rotatable bonds is 4. The number of likely N-dealkylation sites (N-methyl/N-ethyl adjacent to an activating group) is 1. The fourth-order valence-corrected chi connectivity index (χ4v) is 2.01. The van der Waals surface area contributed by atoms with Crippen molar-refractivity contribution in [3.63, 3.8) is 0 Å². The summed E-state index contributed by atoms with van der Waals surface area (Å²) in [7, 11) is 1.76. The molecule has 4 heteroatoms. The number of amides is 1. The molecule has 1 amide bonds. The third-order valence-corrected chi connectivity index (χ3v) is 3.38. The Morgan fingerprint density at radius 3 is 2.55 bits per heavy atom. The van der Waals surface area contributed by atoms with E-state index < -0.39 is 0 Å². The van der Waals surface area contributed by atoms with Crippen molar-refractivity contribution in [2.24, 2.45) is 0 Å². The predicted molar refractivity (Wildman–Crippen MR) is 83.1 cm³/mol. The maximum Gasteiger partial charge on any atom is 0.246 e. The predicted octanol–water partition coefficient (Wildman–Crippen LogP) is 4.02. The number of furan rings is 1. The largest absolute Gasteiger partial charge is 0.464 e. The molecule has 0 aliphatic carbocycles. The van der Waals surface area contributed by atoms with Gasteiger partial charge in [-0.1, -0.05) is 28.1 Å². The molecule has 0 spiro atoms. The maximum absolute atomic E-state index is 12.0. The van der Waals surface area contributed by atoms with E-state index in [1.165, 1.54) is 0 Å². The van der Waals surface area contributed by atoms with Crippen LogP contribution < -0.4 is 0 Å². The lowest BCUT2D eigenvalue weighted by molar-refractivity contribution is -0.125. The Kier molecular flexibility index (Phi) is 4.79. The van der Waals surface area contributed by atoms with Crippen LogP contribution >= 0.6 is 15.9 Å². The summed E-state index contributed by atoms with van der Waals surface area (Å²) in [5.74, 6) is 1.59. The number of hydrogen-bond donors (Lipinski definition) is 0. The van der Waals surface area contributed by atoms with Gasteiger partial charge in [-0.05, 0) is 42.8 Å². The zero-order valence-electron chi connectivity index (χ0n) is 11.5. The minimum atomic E-state index is -0.0537. The Balaban J connectivity index is 1.95. The second-order valence-corrected chi connectivity index (χ2v) is 5.51. The third-order valence-electron chi connectivity index (χ3n) is 2.85. The molecule has 1 aromatic carbocycles. The normalized spacial score (nSPS) is 10.9. The van der Waals surface area contributed by atoms with Crippen molar-refractivity contribution in [2.75, 3.05) is 7.05 Å². The molecule has 0 fully saturated rings. The van der Waals surface area contributed by atoms with Crippen LogP contribution in [0.25, 0.3) is 6.08 Å². The number of carbonyl (C=O) groups excluding carboxylic acids is 1. The van der Waals surface area contributed by atoms with Gasteiger partial charge in [0.05, 0.1) is 6.54 Å². The van der Waals surface area contributed by atoms with Gasteiger partial charge >= 0.3 is 0 Å². The average Bonchev–Trinajstić information content (AvgIpc) is 2.83. The molecule has 0 radical (unpaired) electrons. The first kappa shape index (κ1) is 14.6. The molecule has 1 heterocycles. The van der Waals surface area contributed by atoms with E-state index in [4.69, 9.17) is 4.42 Å². The van der Waals surface area contributed by atoms with E-state index >= 15 is 0 Å². The number of benzene rings is 1. The molecule has 2 aromatic rings. The van der Waals surface area contributed by atoms with Crippen molar-refractivity contribution in [3.8, 4) is 0 Å². The molecule has 0 saturated carbocycles. The van der Waals surface area contributed by atoms with Gasteiger partial charge in [-0.2, -0.15) is 0 Å². The van der Waals surface area contributed by atoms with Gasteiger partial charge < -0.3 is 9.32 Å². The summed E-state index contributed by atoms with van der Waals surface area (Å²) in [5.41, 5.74) is 0.990. The van der Waals surface area contributed by atoms with Crippen molar-refractivity contribution in [1.82, 2.24) is 4.90 Å². The van der Waals surface area contributed by atoms with E-state index in [9.17, 15) is 4.79 Å². The highest BCUT2D eigenvalue weighted by Crippen LogP contribution is 2.12. The van der Waals surface area contributed by atoms with Crippen LogP contribution in [0.1, 0.15) is 17.1 Å². The van der Waals surface area contributed by atoms with Crippen LogP contribution in [0.4, 0.5) is 0 Å². The second-order valence-electron chi connectivity index (χ2n) is 4.59. The highest BCUT2D eigenvalue weighted by molar-refractivity contribution is 9.10. The summed E-state index contributed by atoms with van der Waals surface area (Å²) in [5, 5.41) is 0. The molecule has 0 aliphatic heterocycles. The Morgan fingerprint density at radius 2 is 1.95 bits per heavy atom. The minimum Gasteiger partial charge on any atom is -0.464 e. The van der Waals surface area contributed by atoms with Crippen LogP contribution in [0.15, 0.2) is 51.4 Å². The van der Waals surface area contributed by atoms with Crippen molar-refractivity contribution >= 4 is 27.9 Å². The summed E-state index contributed by atoms with van der Waals surface area (Å²) in [6.45, 7) is 2.36. The van der Waals surface area contributed by atoms with E-state index in [-0.39, 0.29) is 5.91 Å². The number of aryl methyl sites for hydroxylation is 1. The molecule has 0 N–H and O–H groups in total. The Hall–Kier alpha value is -1.81. The van der Waals surface area contributed by atoms with Gasteiger partial charge in [0.25, 0.3) is 0 Å². The van der Waals surface area contributed by atoms with Gasteiger partial charge in [-0.25, -0.2) is 0 Å². The Labute approximate surface area is 127 Å². The average molecular weight is 334 g/mol. The molecule has 0 bridgehead atoms. The van der Waals surface area contributed by atoms with Crippen molar-refractivity contribution in [1.29, 1.82) is 0 Å². The Bertz CT molecular complexity index is 614. The van der Waals surface area contributed by atoms with Crippen LogP contribution in [0.5, 0.6) is 0 Å².